The number of nitrogens with two attached hydrogens (primary N) is 1. The largest absolute Gasteiger partial charge is 0.464 e. The zero-order chi connectivity index (χ0) is 24.4. The molecular formula is C28H52N2O3. The molecule has 0 fully saturated rings. The third-order valence-electron chi connectivity index (χ3n) is 5.76. The Labute approximate surface area is 204 Å². The van der Waals surface area contributed by atoms with Crippen molar-refractivity contribution in [1.29, 1.82) is 0 Å². The number of esters is 1. The maximum Gasteiger partial charge on any atom is 0.328 e. The van der Waals surface area contributed by atoms with E-state index in [1.807, 2.05) is 13.0 Å². The second-order valence-electron chi connectivity index (χ2n) is 8.98. The first kappa shape index (κ1) is 31.4. The van der Waals surface area contributed by atoms with E-state index in [0.717, 1.165) is 32.1 Å². The lowest BCUT2D eigenvalue weighted by Gasteiger charge is -2.16. The fourth-order valence-electron chi connectivity index (χ4n) is 3.62. The second kappa shape index (κ2) is 25.0. The van der Waals surface area contributed by atoms with Crippen molar-refractivity contribution in [2.24, 2.45) is 5.73 Å². The van der Waals surface area contributed by atoms with Crippen LogP contribution in [0.3, 0.4) is 0 Å². The molecule has 0 spiro atoms. The van der Waals surface area contributed by atoms with E-state index in [9.17, 15) is 9.59 Å². The lowest BCUT2D eigenvalue weighted by atomic mass is 10.1. The molecule has 0 aromatic carbocycles. The quantitative estimate of drug-likeness (QED) is 0.0757. The van der Waals surface area contributed by atoms with Gasteiger partial charge in [0.25, 0.3) is 0 Å². The lowest BCUT2D eigenvalue weighted by Crippen LogP contribution is -2.41. The number of rotatable bonds is 23. The highest BCUT2D eigenvalue weighted by molar-refractivity contribution is 5.91. The Morgan fingerprint density at radius 1 is 0.788 bits per heavy atom. The normalized spacial score (nSPS) is 12.5. The zero-order valence-corrected chi connectivity index (χ0v) is 21.6. The highest BCUT2D eigenvalue weighted by Gasteiger charge is 2.20. The Bertz CT molecular complexity index is 517. The van der Waals surface area contributed by atoms with Crippen molar-refractivity contribution >= 4 is 11.9 Å². The van der Waals surface area contributed by atoms with Gasteiger partial charge in [-0.25, -0.2) is 4.79 Å². The van der Waals surface area contributed by atoms with Gasteiger partial charge in [0, 0.05) is 6.08 Å². The molecule has 1 amide bonds. The summed E-state index contributed by atoms with van der Waals surface area (Å²) in [5.74, 6) is -0.617. The summed E-state index contributed by atoms with van der Waals surface area (Å²) in [6.07, 6.45) is 27.1. The minimum Gasteiger partial charge on any atom is -0.464 e. The van der Waals surface area contributed by atoms with Crippen LogP contribution in [0.4, 0.5) is 0 Å². The van der Waals surface area contributed by atoms with E-state index >= 15 is 0 Å². The molecule has 0 aliphatic heterocycles. The summed E-state index contributed by atoms with van der Waals surface area (Å²) in [5.41, 5.74) is 5.54. The van der Waals surface area contributed by atoms with Crippen molar-refractivity contribution in [3.8, 4) is 0 Å². The van der Waals surface area contributed by atoms with Crippen LogP contribution >= 0.6 is 0 Å². The number of allylic oxidation sites excluding steroid dienone is 3. The third kappa shape index (κ3) is 22.0. The van der Waals surface area contributed by atoms with Crippen molar-refractivity contribution in [2.45, 2.75) is 129 Å². The van der Waals surface area contributed by atoms with Crippen LogP contribution in [-0.2, 0) is 14.3 Å². The molecule has 0 aromatic heterocycles. The number of carbonyl (C=O) groups excluding carboxylic acids is 2. The van der Waals surface area contributed by atoms with E-state index in [1.54, 1.807) is 6.08 Å². The average molecular weight is 465 g/mol. The molecule has 0 saturated heterocycles. The van der Waals surface area contributed by atoms with Gasteiger partial charge in [0.1, 0.15) is 6.04 Å². The van der Waals surface area contributed by atoms with Crippen LogP contribution in [0.1, 0.15) is 123 Å². The monoisotopic (exact) mass is 464 g/mol. The van der Waals surface area contributed by atoms with Crippen LogP contribution in [0.5, 0.6) is 0 Å². The fourth-order valence-corrected chi connectivity index (χ4v) is 3.62. The van der Waals surface area contributed by atoms with Crippen LogP contribution in [0.2, 0.25) is 0 Å². The summed E-state index contributed by atoms with van der Waals surface area (Å²) in [4.78, 5) is 24.4. The summed E-state index contributed by atoms with van der Waals surface area (Å²) in [6.45, 7) is 5.29. The number of ether oxygens (including phenoxy) is 1. The van der Waals surface area contributed by atoms with Crippen molar-refractivity contribution in [1.82, 2.24) is 5.32 Å². The van der Waals surface area contributed by atoms with Gasteiger partial charge in [-0.05, 0) is 45.1 Å². The second-order valence-corrected chi connectivity index (χ2v) is 8.98. The highest BCUT2D eigenvalue weighted by atomic mass is 16.5. The Kier molecular flexibility index (Phi) is 23.8. The number of hydrogen-bond donors (Lipinski definition) is 2. The van der Waals surface area contributed by atoms with Gasteiger partial charge < -0.3 is 15.8 Å². The molecule has 0 heterocycles. The molecule has 0 rings (SSSR count). The van der Waals surface area contributed by atoms with Crippen LogP contribution < -0.4 is 11.1 Å². The third-order valence-corrected chi connectivity index (χ3v) is 5.76. The van der Waals surface area contributed by atoms with E-state index in [2.05, 4.69) is 18.3 Å². The number of amides is 1. The highest BCUT2D eigenvalue weighted by Crippen LogP contribution is 2.12. The number of carbonyl (C=O) groups is 2. The summed E-state index contributed by atoms with van der Waals surface area (Å²) >= 11 is 0. The molecule has 3 N–H and O–H groups in total. The standard InChI is InChI=1S/C28H52N2O3/c1-3-5-7-8-9-10-11-12-13-14-15-16-17-18-19-23-27(31)30-26(22-20-21-24-29)28(32)33-25-6-4-2/h17-19,23,26H,3-16,20-22,24-25,29H2,1-2H3,(H,30,31)/t26-/m0/s1. The van der Waals surface area contributed by atoms with Gasteiger partial charge in [-0.3, -0.25) is 4.79 Å². The molecule has 1 atom stereocenters. The average Bonchev–Trinajstić information content (AvgIpc) is 2.81. The van der Waals surface area contributed by atoms with E-state index in [4.69, 9.17) is 10.5 Å². The number of unbranched alkanes of at least 4 members (excludes halogenated alkanes) is 13. The molecule has 0 saturated carbocycles. The van der Waals surface area contributed by atoms with Crippen LogP contribution in [-0.4, -0.2) is 31.1 Å². The molecule has 5 nitrogen and oxygen atoms in total. The fraction of sp³-hybridized carbons (Fsp3) is 0.786. The van der Waals surface area contributed by atoms with E-state index in [1.165, 1.54) is 76.7 Å². The maximum absolute atomic E-state index is 12.3. The first-order valence-corrected chi connectivity index (χ1v) is 13.7. The van der Waals surface area contributed by atoms with Crippen LogP contribution in [0.15, 0.2) is 24.3 Å². The summed E-state index contributed by atoms with van der Waals surface area (Å²) in [5, 5.41) is 2.78. The Morgan fingerprint density at radius 3 is 2.00 bits per heavy atom. The van der Waals surface area contributed by atoms with Gasteiger partial charge in [-0.15, -0.1) is 0 Å². The van der Waals surface area contributed by atoms with Gasteiger partial charge in [0.15, 0.2) is 0 Å². The van der Waals surface area contributed by atoms with Crippen LogP contribution in [0.25, 0.3) is 0 Å². The van der Waals surface area contributed by atoms with E-state index < -0.39 is 6.04 Å². The minimum absolute atomic E-state index is 0.264. The van der Waals surface area contributed by atoms with Crippen molar-refractivity contribution in [2.75, 3.05) is 13.2 Å². The predicted octanol–water partition coefficient (Wildman–Crippen LogP) is 6.76. The Hall–Kier alpha value is -1.62. The molecule has 5 heteroatoms. The SMILES string of the molecule is CCCCCCCCCCCCCC=CC=CC(=O)N[C@@H](CCCCN)C(=O)OCCCC. The van der Waals surface area contributed by atoms with Crippen molar-refractivity contribution in [3.05, 3.63) is 24.3 Å². The van der Waals surface area contributed by atoms with Gasteiger partial charge in [0.2, 0.25) is 5.91 Å². The Balaban J connectivity index is 3.94. The van der Waals surface area contributed by atoms with Crippen molar-refractivity contribution < 1.29 is 14.3 Å². The van der Waals surface area contributed by atoms with Crippen molar-refractivity contribution in [3.63, 3.8) is 0 Å². The van der Waals surface area contributed by atoms with Gasteiger partial charge in [0.05, 0.1) is 6.61 Å². The first-order chi connectivity index (χ1) is 16.2. The zero-order valence-electron chi connectivity index (χ0n) is 21.6. The molecule has 0 radical (unpaired) electrons. The molecule has 0 aliphatic rings. The lowest BCUT2D eigenvalue weighted by molar-refractivity contribution is -0.147. The molecule has 33 heavy (non-hydrogen) atoms. The summed E-state index contributed by atoms with van der Waals surface area (Å²) in [6, 6.07) is -0.606. The number of nitrogens with one attached hydrogen (secondary N) is 1. The van der Waals surface area contributed by atoms with Gasteiger partial charge in [-0.2, -0.15) is 0 Å². The molecule has 0 aromatic rings. The summed E-state index contributed by atoms with van der Waals surface area (Å²) < 4.78 is 5.28. The van der Waals surface area contributed by atoms with Crippen LogP contribution in [0, 0.1) is 0 Å². The van der Waals surface area contributed by atoms with E-state index in [-0.39, 0.29) is 11.9 Å². The van der Waals surface area contributed by atoms with Gasteiger partial charge in [-0.1, -0.05) is 103 Å². The molecule has 192 valence electrons. The van der Waals surface area contributed by atoms with E-state index in [0.29, 0.717) is 19.6 Å². The minimum atomic E-state index is -0.606. The molecule has 0 bridgehead atoms. The van der Waals surface area contributed by atoms with Gasteiger partial charge >= 0.3 is 5.97 Å². The molecule has 0 unspecified atom stereocenters. The smallest absolute Gasteiger partial charge is 0.328 e. The summed E-state index contributed by atoms with van der Waals surface area (Å²) in [7, 11) is 0. The topological polar surface area (TPSA) is 81.4 Å². The maximum atomic E-state index is 12.3. The first-order valence-electron chi connectivity index (χ1n) is 13.7. The Morgan fingerprint density at radius 2 is 1.39 bits per heavy atom. The molecule has 0 aliphatic carbocycles. The predicted molar refractivity (Wildman–Crippen MR) is 140 cm³/mol. The number of hydrogen-bond acceptors (Lipinski definition) is 4. The molecular weight excluding hydrogens is 412 g/mol.